The summed E-state index contributed by atoms with van der Waals surface area (Å²) in [6.45, 7) is 1.52. The summed E-state index contributed by atoms with van der Waals surface area (Å²) in [6, 6.07) is 6.85. The number of nitrogens with zero attached hydrogens (tertiary/aromatic N) is 2. The lowest BCUT2D eigenvalue weighted by Gasteiger charge is -2.06. The molecule has 19 heavy (non-hydrogen) atoms. The Morgan fingerprint density at radius 3 is 2.68 bits per heavy atom. The van der Waals surface area contributed by atoms with Crippen LogP contribution >= 0.6 is 15.9 Å². The lowest BCUT2D eigenvalue weighted by Crippen LogP contribution is -1.96. The van der Waals surface area contributed by atoms with Crippen LogP contribution < -0.4 is 4.74 Å². The Balaban J connectivity index is 2.26. The van der Waals surface area contributed by atoms with Crippen molar-refractivity contribution in [2.75, 3.05) is 0 Å². The summed E-state index contributed by atoms with van der Waals surface area (Å²) in [7, 11) is 0. The van der Waals surface area contributed by atoms with Crippen LogP contribution in [0.15, 0.2) is 34.8 Å². The van der Waals surface area contributed by atoms with Crippen LogP contribution in [0.5, 0.6) is 11.6 Å². The van der Waals surface area contributed by atoms with Gasteiger partial charge in [-0.3, -0.25) is 10.1 Å². The number of pyridine rings is 1. The molecule has 0 aliphatic rings. The van der Waals surface area contributed by atoms with E-state index in [4.69, 9.17) is 4.74 Å². The summed E-state index contributed by atoms with van der Waals surface area (Å²) >= 11 is 3.04. The van der Waals surface area contributed by atoms with Gasteiger partial charge in [-0.1, -0.05) is 0 Å². The average molecular weight is 327 g/mol. The Bertz CT molecular complexity index is 649. The van der Waals surface area contributed by atoms with Gasteiger partial charge in [0.1, 0.15) is 17.3 Å². The Hall–Kier alpha value is -2.02. The van der Waals surface area contributed by atoms with Crippen LogP contribution in [0.1, 0.15) is 5.69 Å². The van der Waals surface area contributed by atoms with Crippen molar-refractivity contribution in [3.63, 3.8) is 0 Å². The number of rotatable bonds is 3. The smallest absolute Gasteiger partial charge is 0.290 e. The van der Waals surface area contributed by atoms with E-state index in [2.05, 4.69) is 20.9 Å². The first-order valence-electron chi connectivity index (χ1n) is 5.22. The molecule has 2 aromatic rings. The Kier molecular flexibility index (Phi) is 3.75. The minimum Gasteiger partial charge on any atom is -0.439 e. The highest BCUT2D eigenvalue weighted by Gasteiger charge is 2.13. The highest BCUT2D eigenvalue weighted by atomic mass is 79.9. The quantitative estimate of drug-likeness (QED) is 0.631. The lowest BCUT2D eigenvalue weighted by molar-refractivity contribution is -0.385. The number of ether oxygens (including phenoxy) is 1. The topological polar surface area (TPSA) is 65.3 Å². The van der Waals surface area contributed by atoms with Crippen LogP contribution in [0.4, 0.5) is 10.1 Å². The predicted molar refractivity (Wildman–Crippen MR) is 69.8 cm³/mol. The molecule has 0 atom stereocenters. The fourth-order valence-electron chi connectivity index (χ4n) is 1.44. The van der Waals surface area contributed by atoms with Gasteiger partial charge in [0.2, 0.25) is 5.88 Å². The second-order valence-corrected chi connectivity index (χ2v) is 4.54. The maximum Gasteiger partial charge on any atom is 0.290 e. The zero-order valence-corrected chi connectivity index (χ0v) is 11.3. The van der Waals surface area contributed by atoms with Gasteiger partial charge in [0, 0.05) is 12.1 Å². The van der Waals surface area contributed by atoms with E-state index in [1.54, 1.807) is 0 Å². The summed E-state index contributed by atoms with van der Waals surface area (Å²) in [4.78, 5) is 14.1. The Morgan fingerprint density at radius 1 is 1.37 bits per heavy atom. The van der Waals surface area contributed by atoms with E-state index in [0.29, 0.717) is 5.75 Å². The first kappa shape index (κ1) is 13.4. The molecular formula is C12H8BrFN2O3. The summed E-state index contributed by atoms with van der Waals surface area (Å²) in [5, 5.41) is 10.7. The number of hydrogen-bond donors (Lipinski definition) is 0. The summed E-state index contributed by atoms with van der Waals surface area (Å²) in [6.07, 6.45) is 0. The number of aryl methyl sites for hydroxylation is 1. The van der Waals surface area contributed by atoms with Crippen molar-refractivity contribution in [1.82, 2.24) is 4.98 Å². The van der Waals surface area contributed by atoms with Crippen molar-refractivity contribution in [1.29, 1.82) is 0 Å². The van der Waals surface area contributed by atoms with Crippen molar-refractivity contribution in [3.8, 4) is 11.6 Å². The third kappa shape index (κ3) is 3.05. The van der Waals surface area contributed by atoms with Gasteiger partial charge in [-0.2, -0.15) is 0 Å². The molecule has 0 unspecified atom stereocenters. The van der Waals surface area contributed by atoms with Gasteiger partial charge >= 0.3 is 0 Å². The van der Waals surface area contributed by atoms with Crippen LogP contribution in [0.3, 0.4) is 0 Å². The van der Waals surface area contributed by atoms with Crippen LogP contribution in [0.25, 0.3) is 0 Å². The molecule has 0 aliphatic carbocycles. The molecule has 1 aromatic heterocycles. The van der Waals surface area contributed by atoms with Crippen LogP contribution in [-0.2, 0) is 0 Å². The van der Waals surface area contributed by atoms with Gasteiger partial charge in [-0.15, -0.1) is 0 Å². The fraction of sp³-hybridized carbons (Fsp3) is 0.0833. The second kappa shape index (κ2) is 5.31. The lowest BCUT2D eigenvalue weighted by atomic mass is 10.3. The normalized spacial score (nSPS) is 10.3. The molecule has 98 valence electrons. The molecular weight excluding hydrogens is 319 g/mol. The molecule has 2 rings (SSSR count). The standard InChI is InChI=1S/C12H8BrFN2O3/c1-7-11(16(17)18)4-5-12(15-7)19-8-2-3-10(14)9(13)6-8/h2-6H,1H3. The van der Waals surface area contributed by atoms with E-state index in [9.17, 15) is 14.5 Å². The zero-order chi connectivity index (χ0) is 14.0. The highest BCUT2D eigenvalue weighted by Crippen LogP contribution is 2.27. The van der Waals surface area contributed by atoms with Crippen molar-refractivity contribution >= 4 is 21.6 Å². The van der Waals surface area contributed by atoms with Gasteiger partial charge in [-0.05, 0) is 41.1 Å². The number of aromatic nitrogens is 1. The van der Waals surface area contributed by atoms with Gasteiger partial charge in [0.05, 0.1) is 9.40 Å². The number of hydrogen-bond acceptors (Lipinski definition) is 4. The van der Waals surface area contributed by atoms with Gasteiger partial charge in [0.15, 0.2) is 0 Å². The number of nitro groups is 1. The molecule has 0 radical (unpaired) electrons. The van der Waals surface area contributed by atoms with Crippen molar-refractivity contribution in [3.05, 3.63) is 56.4 Å². The molecule has 0 N–H and O–H groups in total. The van der Waals surface area contributed by atoms with Crippen LogP contribution in [0, 0.1) is 22.9 Å². The summed E-state index contributed by atoms with van der Waals surface area (Å²) in [5.41, 5.74) is 0.177. The highest BCUT2D eigenvalue weighted by molar-refractivity contribution is 9.10. The molecule has 0 fully saturated rings. The van der Waals surface area contributed by atoms with E-state index in [0.717, 1.165) is 0 Å². The molecule has 0 bridgehead atoms. The van der Waals surface area contributed by atoms with Crippen molar-refractivity contribution in [2.24, 2.45) is 0 Å². The average Bonchev–Trinajstić information content (AvgIpc) is 2.33. The minimum atomic E-state index is -0.513. The predicted octanol–water partition coefficient (Wildman–Crippen LogP) is 3.99. The van der Waals surface area contributed by atoms with Gasteiger partial charge in [-0.25, -0.2) is 9.37 Å². The first-order chi connectivity index (χ1) is 8.97. The van der Waals surface area contributed by atoms with Crippen molar-refractivity contribution < 1.29 is 14.1 Å². The van der Waals surface area contributed by atoms with Crippen LogP contribution in [0.2, 0.25) is 0 Å². The third-order valence-electron chi connectivity index (χ3n) is 2.34. The largest absolute Gasteiger partial charge is 0.439 e. The molecule has 7 heteroatoms. The second-order valence-electron chi connectivity index (χ2n) is 3.69. The molecule has 0 saturated carbocycles. The Morgan fingerprint density at radius 2 is 2.11 bits per heavy atom. The van der Waals surface area contributed by atoms with E-state index in [-0.39, 0.29) is 21.7 Å². The van der Waals surface area contributed by atoms with Gasteiger partial charge in [0.25, 0.3) is 5.69 Å². The van der Waals surface area contributed by atoms with Crippen molar-refractivity contribution in [2.45, 2.75) is 6.92 Å². The molecule has 1 aromatic carbocycles. The van der Waals surface area contributed by atoms with Crippen LogP contribution in [-0.4, -0.2) is 9.91 Å². The molecule has 0 spiro atoms. The maximum atomic E-state index is 13.1. The zero-order valence-electron chi connectivity index (χ0n) is 9.76. The number of benzene rings is 1. The number of halogens is 2. The molecule has 1 heterocycles. The molecule has 0 aliphatic heterocycles. The molecule has 5 nitrogen and oxygen atoms in total. The SMILES string of the molecule is Cc1nc(Oc2ccc(F)c(Br)c2)ccc1[N+](=O)[O-]. The van der Waals surface area contributed by atoms with E-state index >= 15 is 0 Å². The van der Waals surface area contributed by atoms with E-state index in [1.807, 2.05) is 0 Å². The van der Waals surface area contributed by atoms with E-state index < -0.39 is 10.7 Å². The summed E-state index contributed by atoms with van der Waals surface area (Å²) in [5.74, 6) is 0.191. The monoisotopic (exact) mass is 326 g/mol. The van der Waals surface area contributed by atoms with E-state index in [1.165, 1.54) is 37.3 Å². The maximum absolute atomic E-state index is 13.1. The fourth-order valence-corrected chi connectivity index (χ4v) is 1.80. The third-order valence-corrected chi connectivity index (χ3v) is 2.95. The summed E-state index contributed by atoms with van der Waals surface area (Å²) < 4.78 is 18.7. The Labute approximate surface area is 116 Å². The first-order valence-corrected chi connectivity index (χ1v) is 6.01. The molecule has 0 saturated heterocycles. The van der Waals surface area contributed by atoms with Gasteiger partial charge < -0.3 is 4.74 Å². The minimum absolute atomic E-state index is 0.0763. The molecule has 0 amide bonds.